The second-order valence-corrected chi connectivity index (χ2v) is 4.64. The first-order valence-electron chi connectivity index (χ1n) is 6.02. The zero-order chi connectivity index (χ0) is 16.6. The molecule has 0 saturated carbocycles. The van der Waals surface area contributed by atoms with E-state index < -0.39 is 29.2 Å². The molecule has 0 spiro atoms. The van der Waals surface area contributed by atoms with Crippen LogP contribution < -0.4 is 5.32 Å². The fourth-order valence-corrected chi connectivity index (χ4v) is 1.83. The molecule has 0 saturated heterocycles. The van der Waals surface area contributed by atoms with Crippen LogP contribution in [0.1, 0.15) is 0 Å². The molecule has 3 nitrogen and oxygen atoms in total. The van der Waals surface area contributed by atoms with Crippen molar-refractivity contribution >= 4 is 11.5 Å². The van der Waals surface area contributed by atoms with Crippen molar-refractivity contribution in [3.63, 3.8) is 0 Å². The Labute approximate surface area is 121 Å². The maximum atomic E-state index is 13.4. The number of aliphatic hydroxyl groups is 1. The molecule has 1 aliphatic rings. The number of ketones is 1. The smallest absolute Gasteiger partial charge is 0.375 e. The van der Waals surface area contributed by atoms with Gasteiger partial charge in [0.25, 0.3) is 0 Å². The first-order chi connectivity index (χ1) is 10.1. The fourth-order valence-electron chi connectivity index (χ4n) is 1.83. The molecule has 0 heterocycles. The van der Waals surface area contributed by atoms with Crippen LogP contribution in [0.4, 0.5) is 27.6 Å². The largest absolute Gasteiger partial charge is 0.457 e. The van der Waals surface area contributed by atoms with Crippen molar-refractivity contribution in [1.82, 2.24) is 0 Å². The predicted molar refractivity (Wildman–Crippen MR) is 68.2 cm³/mol. The molecule has 1 atom stereocenters. The van der Waals surface area contributed by atoms with E-state index in [1.165, 1.54) is 12.1 Å². The molecule has 1 aromatic carbocycles. The SMILES string of the molecule is O=C1C=CC(O)(C(F)(F)C(F)(F)F)C=C1Nc1ccccc1. The molecule has 1 aromatic rings. The fraction of sp³-hybridized carbons (Fsp3) is 0.214. The highest BCUT2D eigenvalue weighted by Gasteiger charge is 2.69. The summed E-state index contributed by atoms with van der Waals surface area (Å²) in [6.45, 7) is 0. The van der Waals surface area contributed by atoms with Crippen LogP contribution in [0, 0.1) is 0 Å². The van der Waals surface area contributed by atoms with Crippen molar-refractivity contribution in [3.05, 3.63) is 54.3 Å². The van der Waals surface area contributed by atoms with Gasteiger partial charge in [0.1, 0.15) is 0 Å². The Morgan fingerprint density at radius 3 is 2.18 bits per heavy atom. The van der Waals surface area contributed by atoms with Gasteiger partial charge in [-0.25, -0.2) is 0 Å². The minimum atomic E-state index is -5.97. The van der Waals surface area contributed by atoms with E-state index >= 15 is 0 Å². The van der Waals surface area contributed by atoms with Crippen molar-refractivity contribution in [2.75, 3.05) is 5.32 Å². The third-order valence-electron chi connectivity index (χ3n) is 3.03. The summed E-state index contributed by atoms with van der Waals surface area (Å²) >= 11 is 0. The van der Waals surface area contributed by atoms with Crippen LogP contribution in [0.15, 0.2) is 54.3 Å². The molecule has 0 fully saturated rings. The molecule has 118 valence electrons. The van der Waals surface area contributed by atoms with Gasteiger partial charge in [0, 0.05) is 5.69 Å². The highest BCUT2D eigenvalue weighted by molar-refractivity contribution is 6.07. The lowest BCUT2D eigenvalue weighted by Crippen LogP contribution is -2.56. The molecular formula is C14H10F5NO2. The Bertz CT molecular complexity index is 636. The van der Waals surface area contributed by atoms with Gasteiger partial charge in [-0.15, -0.1) is 0 Å². The number of hydrogen-bond acceptors (Lipinski definition) is 3. The minimum Gasteiger partial charge on any atom is -0.375 e. The van der Waals surface area contributed by atoms with Gasteiger partial charge in [-0.3, -0.25) is 4.79 Å². The van der Waals surface area contributed by atoms with E-state index in [1.807, 2.05) is 0 Å². The molecule has 1 unspecified atom stereocenters. The van der Waals surface area contributed by atoms with Crippen LogP contribution >= 0.6 is 0 Å². The van der Waals surface area contributed by atoms with Crippen LogP contribution in [0.5, 0.6) is 0 Å². The molecule has 22 heavy (non-hydrogen) atoms. The zero-order valence-electron chi connectivity index (χ0n) is 10.9. The van der Waals surface area contributed by atoms with Crippen molar-refractivity contribution < 1.29 is 31.9 Å². The number of rotatable bonds is 3. The quantitative estimate of drug-likeness (QED) is 0.842. The lowest BCUT2D eigenvalue weighted by Gasteiger charge is -2.34. The van der Waals surface area contributed by atoms with Gasteiger partial charge in [-0.05, 0) is 30.4 Å². The molecule has 8 heteroatoms. The van der Waals surface area contributed by atoms with E-state index in [4.69, 9.17) is 0 Å². The molecular weight excluding hydrogens is 309 g/mol. The van der Waals surface area contributed by atoms with Gasteiger partial charge in [0.15, 0.2) is 5.60 Å². The van der Waals surface area contributed by atoms with Gasteiger partial charge in [0.05, 0.1) is 5.70 Å². The number of hydrogen-bond donors (Lipinski definition) is 2. The summed E-state index contributed by atoms with van der Waals surface area (Å²) in [5, 5.41) is 12.1. The molecule has 0 bridgehead atoms. The van der Waals surface area contributed by atoms with Crippen LogP contribution in [-0.2, 0) is 4.79 Å². The number of para-hydroxylation sites is 1. The summed E-state index contributed by atoms with van der Waals surface area (Å²) in [4.78, 5) is 11.6. The summed E-state index contributed by atoms with van der Waals surface area (Å²) in [6, 6.07) is 7.75. The third-order valence-corrected chi connectivity index (χ3v) is 3.03. The van der Waals surface area contributed by atoms with E-state index in [0.717, 1.165) is 0 Å². The number of halogens is 5. The van der Waals surface area contributed by atoms with E-state index in [-0.39, 0.29) is 12.2 Å². The van der Waals surface area contributed by atoms with Crippen LogP contribution in [0.25, 0.3) is 0 Å². The van der Waals surface area contributed by atoms with E-state index in [2.05, 4.69) is 5.32 Å². The summed E-state index contributed by atoms with van der Waals surface area (Å²) in [5.41, 5.74) is -3.91. The highest BCUT2D eigenvalue weighted by atomic mass is 19.4. The minimum absolute atomic E-state index is 0.138. The second kappa shape index (κ2) is 5.20. The summed E-state index contributed by atoms with van der Waals surface area (Å²) in [5.74, 6) is -6.27. The monoisotopic (exact) mass is 319 g/mol. The molecule has 0 radical (unpaired) electrons. The Morgan fingerprint density at radius 1 is 1.05 bits per heavy atom. The van der Waals surface area contributed by atoms with Crippen LogP contribution in [0.3, 0.4) is 0 Å². The number of benzene rings is 1. The van der Waals surface area contributed by atoms with Gasteiger partial charge < -0.3 is 10.4 Å². The zero-order valence-corrected chi connectivity index (χ0v) is 10.9. The van der Waals surface area contributed by atoms with Gasteiger partial charge in [-0.1, -0.05) is 18.2 Å². The summed E-state index contributed by atoms with van der Waals surface area (Å²) in [6.07, 6.45) is -5.18. The highest BCUT2D eigenvalue weighted by Crippen LogP contribution is 2.46. The lowest BCUT2D eigenvalue weighted by atomic mass is 9.88. The standard InChI is InChI=1S/C14H10F5NO2/c15-13(16,14(17,18)19)12(22)7-6-11(21)10(8-12)20-9-4-2-1-3-5-9/h1-8,20,22H. The summed E-state index contributed by atoms with van der Waals surface area (Å²) in [7, 11) is 0. The van der Waals surface area contributed by atoms with Crippen molar-refractivity contribution in [1.29, 1.82) is 0 Å². The molecule has 0 amide bonds. The average Bonchev–Trinajstić information content (AvgIpc) is 2.43. The van der Waals surface area contributed by atoms with Crippen LogP contribution in [0.2, 0.25) is 0 Å². The predicted octanol–water partition coefficient (Wildman–Crippen LogP) is 3.05. The second-order valence-electron chi connectivity index (χ2n) is 4.64. The van der Waals surface area contributed by atoms with E-state index in [0.29, 0.717) is 11.8 Å². The number of allylic oxidation sites excluding steroid dienone is 1. The number of alkyl halides is 5. The summed E-state index contributed by atoms with van der Waals surface area (Å²) < 4.78 is 64.2. The molecule has 0 aliphatic heterocycles. The van der Waals surface area contributed by atoms with Gasteiger partial charge >= 0.3 is 12.1 Å². The van der Waals surface area contributed by atoms with E-state index in [1.54, 1.807) is 18.2 Å². The van der Waals surface area contributed by atoms with Crippen molar-refractivity contribution in [2.45, 2.75) is 17.7 Å². The maximum absolute atomic E-state index is 13.4. The number of carbonyl (C=O) groups is 1. The lowest BCUT2D eigenvalue weighted by molar-refractivity contribution is -0.321. The Balaban J connectivity index is 2.39. The Kier molecular flexibility index (Phi) is 3.82. The number of nitrogens with one attached hydrogen (secondary N) is 1. The van der Waals surface area contributed by atoms with E-state index in [9.17, 15) is 31.9 Å². The molecule has 2 N–H and O–H groups in total. The first-order valence-corrected chi connectivity index (χ1v) is 6.02. The molecule has 2 rings (SSSR count). The van der Waals surface area contributed by atoms with Crippen molar-refractivity contribution in [2.24, 2.45) is 0 Å². The topological polar surface area (TPSA) is 49.3 Å². The number of anilines is 1. The number of carbonyl (C=O) groups excluding carboxylic acids is 1. The maximum Gasteiger partial charge on any atom is 0.457 e. The third kappa shape index (κ3) is 2.74. The Morgan fingerprint density at radius 2 is 1.64 bits per heavy atom. The normalized spacial score (nSPS) is 22.5. The molecule has 1 aliphatic carbocycles. The van der Waals surface area contributed by atoms with Gasteiger partial charge in [-0.2, -0.15) is 22.0 Å². The van der Waals surface area contributed by atoms with Crippen molar-refractivity contribution in [3.8, 4) is 0 Å². The van der Waals surface area contributed by atoms with Crippen LogP contribution in [-0.4, -0.2) is 28.6 Å². The first kappa shape index (κ1) is 16.2. The average molecular weight is 319 g/mol. The Hall–Kier alpha value is -2.22. The van der Waals surface area contributed by atoms with Gasteiger partial charge in [0.2, 0.25) is 5.78 Å². The molecule has 0 aromatic heterocycles.